The molecule has 1 saturated carbocycles. The summed E-state index contributed by atoms with van der Waals surface area (Å²) in [7, 11) is 5.21. The number of guanidine groups is 1. The highest BCUT2D eigenvalue weighted by molar-refractivity contribution is 8.76. The van der Waals surface area contributed by atoms with Crippen molar-refractivity contribution in [1.82, 2.24) is 10.3 Å². The van der Waals surface area contributed by atoms with Gasteiger partial charge in [-0.3, -0.25) is 14.8 Å². The molecule has 2 aliphatic heterocycles. The Morgan fingerprint density at radius 2 is 2.02 bits per heavy atom. The van der Waals surface area contributed by atoms with E-state index in [-0.39, 0.29) is 59.2 Å². The number of aromatic nitrogens is 1. The first-order valence-electron chi connectivity index (χ1n) is 17.7. The predicted octanol–water partition coefficient (Wildman–Crippen LogP) is 5.82. The zero-order valence-electron chi connectivity index (χ0n) is 29.5. The average molecular weight is 753 g/mol. The maximum absolute atomic E-state index is 12.3. The number of phenolic OH excluding ortho intramolecular Hbond substituents is 3. The summed E-state index contributed by atoms with van der Waals surface area (Å²) in [5.74, 6) is 1.49. The van der Waals surface area contributed by atoms with Crippen LogP contribution in [0.5, 0.6) is 28.7 Å². The molecule has 3 aromatic rings. The summed E-state index contributed by atoms with van der Waals surface area (Å²) in [6, 6.07) is 12.5. The fourth-order valence-electron chi connectivity index (χ4n) is 7.37. The van der Waals surface area contributed by atoms with E-state index in [1.54, 1.807) is 53.2 Å². The zero-order chi connectivity index (χ0) is 36.7. The molecule has 52 heavy (non-hydrogen) atoms. The highest BCUT2D eigenvalue weighted by Gasteiger charge is 2.40. The predicted molar refractivity (Wildman–Crippen MR) is 202 cm³/mol. The van der Waals surface area contributed by atoms with Gasteiger partial charge in [0.15, 0.2) is 29.0 Å². The van der Waals surface area contributed by atoms with E-state index >= 15 is 0 Å². The van der Waals surface area contributed by atoms with Crippen molar-refractivity contribution in [2.45, 2.75) is 88.2 Å². The van der Waals surface area contributed by atoms with E-state index in [1.807, 2.05) is 24.3 Å². The number of carbonyl (C=O) groups excluding carboxylic acids is 1. The third kappa shape index (κ3) is 9.69. The number of nitrogens with one attached hydrogen (secondary N) is 1. The fourth-order valence-corrected chi connectivity index (χ4v) is 10.4. The number of aliphatic imine (C=N–C) groups is 1. The lowest BCUT2D eigenvalue weighted by molar-refractivity contribution is -0.163. The van der Waals surface area contributed by atoms with Gasteiger partial charge in [-0.1, -0.05) is 33.7 Å². The molecule has 3 aliphatic rings. The molecule has 2 fully saturated rings. The van der Waals surface area contributed by atoms with E-state index in [0.717, 1.165) is 48.3 Å². The van der Waals surface area contributed by atoms with E-state index < -0.39 is 12.2 Å². The highest BCUT2D eigenvalue weighted by Crippen LogP contribution is 2.45. The third-order valence-corrected chi connectivity index (χ3v) is 12.6. The van der Waals surface area contributed by atoms with Gasteiger partial charge in [0.2, 0.25) is 5.75 Å². The van der Waals surface area contributed by atoms with Crippen LogP contribution in [0.3, 0.4) is 0 Å². The highest BCUT2D eigenvalue weighted by atomic mass is 33.1. The smallest absolute Gasteiger partial charge is 0.302 e. The number of benzene rings is 2. The van der Waals surface area contributed by atoms with Crippen molar-refractivity contribution < 1.29 is 39.1 Å². The molecule has 0 spiro atoms. The number of carbonyl (C=O) groups is 1. The second-order valence-electron chi connectivity index (χ2n) is 13.9. The van der Waals surface area contributed by atoms with Crippen LogP contribution in [0.4, 0.5) is 0 Å². The van der Waals surface area contributed by atoms with Gasteiger partial charge in [-0.15, -0.1) is 0 Å². The van der Waals surface area contributed by atoms with Gasteiger partial charge >= 0.3 is 5.97 Å². The van der Waals surface area contributed by atoms with Gasteiger partial charge in [-0.2, -0.15) is 0 Å². The number of fused-ring (bicyclic) bond motifs is 4. The molecule has 6 atom stereocenters. The van der Waals surface area contributed by atoms with Crippen LogP contribution in [0.15, 0.2) is 59.9 Å². The average Bonchev–Trinajstić information content (AvgIpc) is 3.13. The number of ether oxygens (including phenoxy) is 4. The summed E-state index contributed by atoms with van der Waals surface area (Å²) < 4.78 is 25.1. The lowest BCUT2D eigenvalue weighted by Crippen LogP contribution is -2.57. The first kappa shape index (κ1) is 37.7. The van der Waals surface area contributed by atoms with Crippen LogP contribution in [0.1, 0.15) is 68.2 Å². The standard InChI is InChI=1S/C38H48N4O8S2/c1-23(43)48-29-17-32(26-15-31(45)36(46)35(16-26)47-12-9-24-5-4-11-41-20-24)50-33(18-29)27-13-25-7-8-30(44)34(14-25)49-28-6-3-10-38(19-28,22-52-51-21-27)42-37(39)40-2/h4-5,7-8,11,14-16,20,27-29,32-33,44-46H,3,6,9-10,12-13,17-19,21-22H2,1-2H3,(H3,39,40,42)/t27-,28-,29-,32-,33+,38+/m0/s1. The molecule has 1 saturated heterocycles. The molecule has 12 nitrogen and oxygen atoms in total. The van der Waals surface area contributed by atoms with E-state index in [1.165, 1.54) is 13.0 Å². The largest absolute Gasteiger partial charge is 0.504 e. The summed E-state index contributed by atoms with van der Waals surface area (Å²) >= 11 is 0. The molecule has 6 N–H and O–H groups in total. The first-order valence-corrected chi connectivity index (χ1v) is 20.2. The van der Waals surface area contributed by atoms with Crippen molar-refractivity contribution in [3.05, 3.63) is 71.5 Å². The topological polar surface area (TPSA) is 178 Å². The molecule has 4 bridgehead atoms. The van der Waals surface area contributed by atoms with Gasteiger partial charge in [0, 0.05) is 63.6 Å². The van der Waals surface area contributed by atoms with Crippen LogP contribution in [-0.4, -0.2) is 81.2 Å². The van der Waals surface area contributed by atoms with Crippen molar-refractivity contribution in [2.75, 3.05) is 25.2 Å². The SMILES string of the molecule is CN=C(N)N[C@]12CCC[C@@H](C1)Oc1cc(ccc1O)C[C@H]([C@H]1C[C@@H](OC(C)=O)C[C@@H](c3cc(O)c(O)c(OCCc4cccnc4)c3)O1)CSSC2. The molecule has 2 aromatic carbocycles. The molecule has 1 aromatic heterocycles. The second kappa shape index (κ2) is 17.2. The summed E-state index contributed by atoms with van der Waals surface area (Å²) in [5, 5.41) is 35.8. The minimum atomic E-state index is -0.556. The Labute approximate surface area is 312 Å². The number of rotatable bonds is 8. The third-order valence-electron chi connectivity index (χ3n) is 9.94. The Kier molecular flexibility index (Phi) is 12.5. The van der Waals surface area contributed by atoms with Crippen molar-refractivity contribution in [1.29, 1.82) is 0 Å². The Morgan fingerprint density at radius 3 is 2.81 bits per heavy atom. The van der Waals surface area contributed by atoms with Gasteiger partial charge in [-0.05, 0) is 78.6 Å². The number of aromatic hydroxyl groups is 3. The molecule has 1 aliphatic carbocycles. The summed E-state index contributed by atoms with van der Waals surface area (Å²) in [6.07, 6.45) is 7.53. The lowest BCUT2D eigenvalue weighted by Gasteiger charge is -2.41. The van der Waals surface area contributed by atoms with Crippen molar-refractivity contribution in [2.24, 2.45) is 16.6 Å². The molecule has 280 valence electrons. The molecule has 0 radical (unpaired) electrons. The summed E-state index contributed by atoms with van der Waals surface area (Å²) in [6.45, 7) is 1.66. The van der Waals surface area contributed by atoms with E-state index in [9.17, 15) is 20.1 Å². The van der Waals surface area contributed by atoms with Gasteiger partial charge < -0.3 is 45.3 Å². The number of phenols is 3. The van der Waals surface area contributed by atoms with Crippen LogP contribution in [0, 0.1) is 5.92 Å². The lowest BCUT2D eigenvalue weighted by atomic mass is 9.81. The Balaban J connectivity index is 1.26. The minimum absolute atomic E-state index is 0.0250. The minimum Gasteiger partial charge on any atom is -0.504 e. The molecule has 0 amide bonds. The Bertz CT molecular complexity index is 1720. The van der Waals surface area contributed by atoms with Gasteiger partial charge in [-0.25, -0.2) is 0 Å². The zero-order valence-corrected chi connectivity index (χ0v) is 31.2. The molecular weight excluding hydrogens is 705 g/mol. The number of hydrogen-bond acceptors (Lipinski definition) is 12. The quantitative estimate of drug-likeness (QED) is 0.0612. The second-order valence-corrected chi connectivity index (χ2v) is 16.4. The molecule has 14 heteroatoms. The molecule has 0 unspecified atom stereocenters. The Morgan fingerprint density at radius 1 is 1.15 bits per heavy atom. The Hall–Kier alpha value is -4.01. The van der Waals surface area contributed by atoms with Gasteiger partial charge in [0.1, 0.15) is 12.2 Å². The van der Waals surface area contributed by atoms with E-state index in [0.29, 0.717) is 43.0 Å². The van der Waals surface area contributed by atoms with Crippen molar-refractivity contribution >= 4 is 33.5 Å². The van der Waals surface area contributed by atoms with Crippen LogP contribution in [-0.2, 0) is 27.1 Å². The normalized spacial score (nSPS) is 26.8. The maximum atomic E-state index is 12.3. The molecular formula is C38H48N4O8S2. The fraction of sp³-hybridized carbons (Fsp3) is 0.500. The van der Waals surface area contributed by atoms with E-state index in [4.69, 9.17) is 24.7 Å². The van der Waals surface area contributed by atoms with Crippen LogP contribution in [0.25, 0.3) is 0 Å². The first-order chi connectivity index (χ1) is 25.1. The maximum Gasteiger partial charge on any atom is 0.302 e. The van der Waals surface area contributed by atoms with Crippen molar-refractivity contribution in [3.8, 4) is 28.7 Å². The summed E-state index contributed by atoms with van der Waals surface area (Å²) in [4.78, 5) is 20.6. The van der Waals surface area contributed by atoms with Gasteiger partial charge in [0.25, 0.3) is 0 Å². The number of esters is 1. The van der Waals surface area contributed by atoms with Crippen molar-refractivity contribution in [3.63, 3.8) is 0 Å². The van der Waals surface area contributed by atoms with Crippen LogP contribution >= 0.6 is 21.6 Å². The van der Waals surface area contributed by atoms with Crippen LogP contribution in [0.2, 0.25) is 0 Å². The molecule has 6 rings (SSSR count). The number of pyridine rings is 1. The van der Waals surface area contributed by atoms with Crippen LogP contribution < -0.4 is 20.5 Å². The summed E-state index contributed by atoms with van der Waals surface area (Å²) in [5.41, 5.74) is 8.46. The number of nitrogens with two attached hydrogens (primary N) is 1. The monoisotopic (exact) mass is 752 g/mol. The van der Waals surface area contributed by atoms with E-state index in [2.05, 4.69) is 15.3 Å². The molecule has 3 heterocycles. The number of hydrogen-bond donors (Lipinski definition) is 5. The number of nitrogens with zero attached hydrogens (tertiary/aromatic N) is 2. The van der Waals surface area contributed by atoms with Gasteiger partial charge in [0.05, 0.1) is 24.4 Å².